The Hall–Kier alpha value is -1.86. The highest BCUT2D eigenvalue weighted by molar-refractivity contribution is 6.32. The first-order valence-corrected chi connectivity index (χ1v) is 5.38. The highest BCUT2D eigenvalue weighted by Gasteiger charge is 2.03. The number of nitrogens with zero attached hydrogens (tertiary/aromatic N) is 4. The van der Waals surface area contributed by atoms with Crippen LogP contribution < -0.4 is 16.6 Å². The lowest BCUT2D eigenvalue weighted by Crippen LogP contribution is -2.14. The lowest BCUT2D eigenvalue weighted by molar-refractivity contribution is 0.637. The third-order valence-corrected chi connectivity index (χ3v) is 2.34. The van der Waals surface area contributed by atoms with Gasteiger partial charge in [0.2, 0.25) is 5.95 Å². The molecule has 0 radical (unpaired) electrons. The van der Waals surface area contributed by atoms with Crippen molar-refractivity contribution in [1.82, 2.24) is 19.7 Å². The predicted molar refractivity (Wildman–Crippen MR) is 65.6 cm³/mol. The van der Waals surface area contributed by atoms with Gasteiger partial charge in [0.1, 0.15) is 5.02 Å². The van der Waals surface area contributed by atoms with Crippen molar-refractivity contribution in [2.75, 3.05) is 17.3 Å². The summed E-state index contributed by atoms with van der Waals surface area (Å²) in [5.74, 6) is 6.07. The van der Waals surface area contributed by atoms with E-state index in [0.717, 1.165) is 6.54 Å². The molecule has 0 fully saturated rings. The van der Waals surface area contributed by atoms with Gasteiger partial charge in [0.25, 0.3) is 0 Å². The molecule has 4 N–H and O–H groups in total. The number of anilines is 2. The monoisotopic (exact) mass is 253 g/mol. The van der Waals surface area contributed by atoms with E-state index in [4.69, 9.17) is 17.4 Å². The molecular formula is C9H12ClN7. The van der Waals surface area contributed by atoms with E-state index in [1.165, 1.54) is 6.20 Å². The Bertz CT molecular complexity index is 470. The van der Waals surface area contributed by atoms with Crippen LogP contribution in [-0.4, -0.2) is 26.3 Å². The SMILES string of the molecule is NNc1ncc(Cl)c(NCCn2cccn2)n1. The van der Waals surface area contributed by atoms with Crippen molar-refractivity contribution < 1.29 is 0 Å². The molecule has 0 aliphatic heterocycles. The van der Waals surface area contributed by atoms with Gasteiger partial charge in [-0.15, -0.1) is 0 Å². The van der Waals surface area contributed by atoms with E-state index in [0.29, 0.717) is 23.3 Å². The molecule has 0 bridgehead atoms. The van der Waals surface area contributed by atoms with Crippen LogP contribution in [0.3, 0.4) is 0 Å². The fourth-order valence-corrected chi connectivity index (χ4v) is 1.44. The predicted octanol–water partition coefficient (Wildman–Crippen LogP) is 0.724. The third-order valence-electron chi connectivity index (χ3n) is 2.07. The number of nitrogens with two attached hydrogens (primary N) is 1. The quantitative estimate of drug-likeness (QED) is 0.537. The number of aromatic nitrogens is 4. The van der Waals surface area contributed by atoms with Crippen molar-refractivity contribution in [2.24, 2.45) is 5.84 Å². The molecule has 2 aromatic rings. The number of hydrogen-bond acceptors (Lipinski definition) is 6. The van der Waals surface area contributed by atoms with E-state index in [1.807, 2.05) is 16.9 Å². The minimum atomic E-state index is 0.316. The highest BCUT2D eigenvalue weighted by Crippen LogP contribution is 2.18. The average molecular weight is 254 g/mol. The van der Waals surface area contributed by atoms with E-state index in [9.17, 15) is 0 Å². The summed E-state index contributed by atoms with van der Waals surface area (Å²) in [5, 5.41) is 7.62. The maximum atomic E-state index is 5.94. The van der Waals surface area contributed by atoms with E-state index in [2.05, 4.69) is 25.8 Å². The highest BCUT2D eigenvalue weighted by atomic mass is 35.5. The van der Waals surface area contributed by atoms with Crippen molar-refractivity contribution >= 4 is 23.4 Å². The number of nitrogen functional groups attached to an aromatic ring is 1. The van der Waals surface area contributed by atoms with Gasteiger partial charge in [-0.1, -0.05) is 11.6 Å². The van der Waals surface area contributed by atoms with Crippen LogP contribution in [0.4, 0.5) is 11.8 Å². The summed E-state index contributed by atoms with van der Waals surface area (Å²) in [7, 11) is 0. The molecule has 7 nitrogen and oxygen atoms in total. The van der Waals surface area contributed by atoms with Crippen molar-refractivity contribution in [3.63, 3.8) is 0 Å². The number of halogens is 1. The van der Waals surface area contributed by atoms with Crippen LogP contribution in [0.25, 0.3) is 0 Å². The molecule has 0 aromatic carbocycles. The molecule has 2 rings (SSSR count). The van der Waals surface area contributed by atoms with E-state index < -0.39 is 0 Å². The number of hydrazine groups is 1. The van der Waals surface area contributed by atoms with Crippen LogP contribution in [0.15, 0.2) is 24.7 Å². The Morgan fingerprint density at radius 2 is 2.35 bits per heavy atom. The Kier molecular flexibility index (Phi) is 3.73. The fraction of sp³-hybridized carbons (Fsp3) is 0.222. The van der Waals surface area contributed by atoms with E-state index >= 15 is 0 Å². The van der Waals surface area contributed by atoms with Crippen LogP contribution in [-0.2, 0) is 6.54 Å². The fourth-order valence-electron chi connectivity index (χ4n) is 1.28. The van der Waals surface area contributed by atoms with Crippen LogP contribution in [0, 0.1) is 0 Å². The van der Waals surface area contributed by atoms with Crippen molar-refractivity contribution in [1.29, 1.82) is 0 Å². The van der Waals surface area contributed by atoms with E-state index in [-0.39, 0.29) is 0 Å². The van der Waals surface area contributed by atoms with Crippen LogP contribution in [0.1, 0.15) is 0 Å². The lowest BCUT2D eigenvalue weighted by Gasteiger charge is -2.08. The second-order valence-corrected chi connectivity index (χ2v) is 3.64. The van der Waals surface area contributed by atoms with Crippen molar-refractivity contribution in [3.05, 3.63) is 29.7 Å². The molecule has 17 heavy (non-hydrogen) atoms. The molecule has 0 amide bonds. The summed E-state index contributed by atoms with van der Waals surface area (Å²) in [6.07, 6.45) is 5.10. The first-order chi connectivity index (χ1) is 8.29. The Labute approximate surface area is 103 Å². The van der Waals surface area contributed by atoms with Gasteiger partial charge in [-0.2, -0.15) is 10.1 Å². The number of nitrogens with one attached hydrogen (secondary N) is 2. The zero-order valence-electron chi connectivity index (χ0n) is 8.97. The molecule has 0 saturated heterocycles. The van der Waals surface area contributed by atoms with Gasteiger partial charge < -0.3 is 5.32 Å². The zero-order valence-corrected chi connectivity index (χ0v) is 9.72. The molecule has 0 aliphatic carbocycles. The normalized spacial score (nSPS) is 10.2. The van der Waals surface area contributed by atoms with Crippen LogP contribution in [0.2, 0.25) is 5.02 Å². The smallest absolute Gasteiger partial charge is 0.239 e. The largest absolute Gasteiger partial charge is 0.367 e. The summed E-state index contributed by atoms with van der Waals surface area (Å²) in [5.41, 5.74) is 2.36. The Morgan fingerprint density at radius 3 is 3.06 bits per heavy atom. The third kappa shape index (κ3) is 3.05. The molecule has 8 heteroatoms. The van der Waals surface area contributed by atoms with Gasteiger partial charge in [-0.25, -0.2) is 10.8 Å². The minimum Gasteiger partial charge on any atom is -0.367 e. The molecule has 0 spiro atoms. The molecular weight excluding hydrogens is 242 g/mol. The van der Waals surface area contributed by atoms with Gasteiger partial charge in [0, 0.05) is 18.9 Å². The standard InChI is InChI=1S/C9H12ClN7/c10-7-6-13-9(16-11)15-8(7)12-3-5-17-4-1-2-14-17/h1-2,4,6H,3,5,11H2,(H2,12,13,15,16). The molecule has 2 heterocycles. The Morgan fingerprint density at radius 1 is 1.47 bits per heavy atom. The van der Waals surface area contributed by atoms with Gasteiger partial charge in [0.05, 0.1) is 12.7 Å². The lowest BCUT2D eigenvalue weighted by atomic mass is 10.5. The van der Waals surface area contributed by atoms with Crippen molar-refractivity contribution in [2.45, 2.75) is 6.54 Å². The van der Waals surface area contributed by atoms with E-state index in [1.54, 1.807) is 6.20 Å². The molecule has 2 aromatic heterocycles. The van der Waals surface area contributed by atoms with Gasteiger partial charge in [-0.3, -0.25) is 10.1 Å². The number of hydrogen-bond donors (Lipinski definition) is 3. The number of rotatable bonds is 5. The maximum Gasteiger partial charge on any atom is 0.239 e. The first-order valence-electron chi connectivity index (χ1n) is 5.00. The summed E-state index contributed by atoms with van der Waals surface area (Å²) >= 11 is 5.94. The molecule has 0 unspecified atom stereocenters. The van der Waals surface area contributed by atoms with Crippen LogP contribution in [0.5, 0.6) is 0 Å². The average Bonchev–Trinajstić information content (AvgIpc) is 2.84. The summed E-state index contributed by atoms with van der Waals surface area (Å²) in [6, 6.07) is 1.87. The zero-order chi connectivity index (χ0) is 12.1. The maximum absolute atomic E-state index is 5.94. The topological polar surface area (TPSA) is 93.7 Å². The van der Waals surface area contributed by atoms with Crippen LogP contribution >= 0.6 is 11.6 Å². The first kappa shape index (κ1) is 11.6. The minimum absolute atomic E-state index is 0.316. The van der Waals surface area contributed by atoms with Gasteiger partial charge in [0.15, 0.2) is 5.82 Å². The van der Waals surface area contributed by atoms with Gasteiger partial charge >= 0.3 is 0 Å². The molecule has 0 saturated carbocycles. The van der Waals surface area contributed by atoms with Crippen molar-refractivity contribution in [3.8, 4) is 0 Å². The van der Waals surface area contributed by atoms with Gasteiger partial charge in [-0.05, 0) is 6.07 Å². The second-order valence-electron chi connectivity index (χ2n) is 3.23. The molecule has 90 valence electrons. The summed E-state index contributed by atoms with van der Waals surface area (Å²) in [6.45, 7) is 1.38. The summed E-state index contributed by atoms with van der Waals surface area (Å²) < 4.78 is 1.81. The molecule has 0 aliphatic rings. The second kappa shape index (κ2) is 5.46. The summed E-state index contributed by atoms with van der Waals surface area (Å²) in [4.78, 5) is 7.97. The molecule has 0 atom stereocenters. The Balaban J connectivity index is 1.94.